The van der Waals surface area contributed by atoms with Gasteiger partial charge < -0.3 is 11.1 Å². The van der Waals surface area contributed by atoms with E-state index in [4.69, 9.17) is 5.73 Å². The number of nitrogens with two attached hydrogens (primary N) is 1. The molecule has 3 N–H and O–H groups in total. The number of primary amides is 1. The van der Waals surface area contributed by atoms with Gasteiger partial charge in [-0.25, -0.2) is 9.97 Å². The Hall–Kier alpha value is -4.27. The summed E-state index contributed by atoms with van der Waals surface area (Å²) >= 11 is 0. The van der Waals surface area contributed by atoms with E-state index < -0.39 is 17.6 Å². The molecular weight excluding hydrogens is 445 g/mol. The van der Waals surface area contributed by atoms with E-state index in [0.717, 1.165) is 17.7 Å². The SMILES string of the molecule is NC(=O)c1cccc2c(Nc3cccc(CCC(=O)c4ccc(C(F)(F)F)cc4)c3)ncnc12. The summed E-state index contributed by atoms with van der Waals surface area (Å²) < 4.78 is 38.1. The molecule has 0 unspecified atom stereocenters. The van der Waals surface area contributed by atoms with Gasteiger partial charge in [-0.2, -0.15) is 13.2 Å². The van der Waals surface area contributed by atoms with Crippen LogP contribution in [0, 0.1) is 0 Å². The van der Waals surface area contributed by atoms with Gasteiger partial charge >= 0.3 is 6.18 Å². The van der Waals surface area contributed by atoms with Gasteiger partial charge in [0.1, 0.15) is 12.1 Å². The van der Waals surface area contributed by atoms with Gasteiger partial charge in [0.25, 0.3) is 5.91 Å². The van der Waals surface area contributed by atoms with E-state index in [0.29, 0.717) is 34.4 Å². The Bertz CT molecular complexity index is 1370. The van der Waals surface area contributed by atoms with Crippen molar-refractivity contribution in [2.45, 2.75) is 19.0 Å². The highest BCUT2D eigenvalue weighted by Crippen LogP contribution is 2.29. The first-order valence-electron chi connectivity index (χ1n) is 10.3. The van der Waals surface area contributed by atoms with Gasteiger partial charge in [0.2, 0.25) is 0 Å². The molecule has 9 heteroatoms. The van der Waals surface area contributed by atoms with E-state index in [2.05, 4.69) is 15.3 Å². The molecule has 0 saturated carbocycles. The third kappa shape index (κ3) is 5.03. The molecule has 4 aromatic rings. The molecule has 0 saturated heterocycles. The number of halogens is 3. The zero-order valence-corrected chi connectivity index (χ0v) is 17.8. The van der Waals surface area contributed by atoms with Crippen LogP contribution in [0.25, 0.3) is 10.9 Å². The molecule has 1 heterocycles. The zero-order chi connectivity index (χ0) is 24.3. The van der Waals surface area contributed by atoms with Crippen LogP contribution in [0.15, 0.2) is 73.1 Å². The van der Waals surface area contributed by atoms with Gasteiger partial charge in [-0.15, -0.1) is 0 Å². The van der Waals surface area contributed by atoms with Crippen LogP contribution in [0.4, 0.5) is 24.7 Å². The summed E-state index contributed by atoms with van der Waals surface area (Å²) in [5.74, 6) is -0.339. The van der Waals surface area contributed by atoms with Crippen LogP contribution in [0.3, 0.4) is 0 Å². The molecule has 34 heavy (non-hydrogen) atoms. The molecule has 4 rings (SSSR count). The maximum atomic E-state index is 12.7. The molecule has 0 bridgehead atoms. The summed E-state index contributed by atoms with van der Waals surface area (Å²) in [6.45, 7) is 0. The summed E-state index contributed by atoms with van der Waals surface area (Å²) in [5, 5.41) is 3.82. The van der Waals surface area contributed by atoms with Crippen LogP contribution in [0.1, 0.15) is 38.3 Å². The van der Waals surface area contributed by atoms with E-state index >= 15 is 0 Å². The number of para-hydroxylation sites is 1. The van der Waals surface area contributed by atoms with Gasteiger partial charge in [-0.05, 0) is 48.4 Å². The Kier molecular flexibility index (Phi) is 6.27. The maximum absolute atomic E-state index is 12.7. The van der Waals surface area contributed by atoms with Gasteiger partial charge in [-0.3, -0.25) is 9.59 Å². The highest BCUT2D eigenvalue weighted by atomic mass is 19.4. The average molecular weight is 464 g/mol. The number of Topliss-reactive ketones (excluding diaryl/α,β-unsaturated/α-hetero) is 1. The molecular formula is C25H19F3N4O2. The summed E-state index contributed by atoms with van der Waals surface area (Å²) in [6.07, 6.45) is -2.55. The topological polar surface area (TPSA) is 98.0 Å². The molecule has 0 atom stereocenters. The van der Waals surface area contributed by atoms with Crippen molar-refractivity contribution < 1.29 is 22.8 Å². The number of rotatable bonds is 7. The van der Waals surface area contributed by atoms with Crippen LogP contribution in [-0.2, 0) is 12.6 Å². The molecule has 1 aromatic heterocycles. The summed E-state index contributed by atoms with van der Waals surface area (Å²) in [6, 6.07) is 16.6. The third-order valence-electron chi connectivity index (χ3n) is 5.29. The number of aryl methyl sites for hydroxylation is 1. The minimum absolute atomic E-state index is 0.146. The number of aromatic nitrogens is 2. The fourth-order valence-electron chi connectivity index (χ4n) is 3.57. The molecule has 3 aromatic carbocycles. The molecule has 0 aliphatic heterocycles. The van der Waals surface area contributed by atoms with Crippen molar-refractivity contribution in [3.63, 3.8) is 0 Å². The van der Waals surface area contributed by atoms with E-state index in [1.165, 1.54) is 18.5 Å². The highest BCUT2D eigenvalue weighted by Gasteiger charge is 2.30. The lowest BCUT2D eigenvalue weighted by Crippen LogP contribution is -2.12. The Morgan fingerprint density at radius 2 is 1.68 bits per heavy atom. The van der Waals surface area contributed by atoms with Crippen LogP contribution < -0.4 is 11.1 Å². The number of alkyl halides is 3. The maximum Gasteiger partial charge on any atom is 0.416 e. The molecule has 0 radical (unpaired) electrons. The Balaban J connectivity index is 1.47. The normalized spacial score (nSPS) is 11.4. The lowest BCUT2D eigenvalue weighted by atomic mass is 10.0. The number of anilines is 2. The minimum Gasteiger partial charge on any atom is -0.366 e. The predicted octanol–water partition coefficient (Wildman–Crippen LogP) is 5.31. The third-order valence-corrected chi connectivity index (χ3v) is 5.29. The quantitative estimate of drug-likeness (QED) is 0.362. The number of amides is 1. The van der Waals surface area contributed by atoms with Crippen molar-refractivity contribution in [3.8, 4) is 0 Å². The summed E-state index contributed by atoms with van der Waals surface area (Å²) in [7, 11) is 0. The Labute approximate surface area is 192 Å². The van der Waals surface area contributed by atoms with Crippen molar-refractivity contribution in [2.24, 2.45) is 5.73 Å². The van der Waals surface area contributed by atoms with Crippen LogP contribution in [0.2, 0.25) is 0 Å². The van der Waals surface area contributed by atoms with Crippen LogP contribution in [0.5, 0.6) is 0 Å². The number of carbonyl (C=O) groups is 2. The van der Waals surface area contributed by atoms with Gasteiger partial charge in [0, 0.05) is 23.1 Å². The Morgan fingerprint density at radius 3 is 2.38 bits per heavy atom. The van der Waals surface area contributed by atoms with Crippen molar-refractivity contribution in [1.29, 1.82) is 0 Å². The fourth-order valence-corrected chi connectivity index (χ4v) is 3.57. The molecule has 6 nitrogen and oxygen atoms in total. The zero-order valence-electron chi connectivity index (χ0n) is 17.8. The molecule has 0 fully saturated rings. The number of carbonyl (C=O) groups excluding carboxylic acids is 2. The predicted molar refractivity (Wildman–Crippen MR) is 122 cm³/mol. The Morgan fingerprint density at radius 1 is 0.941 bits per heavy atom. The number of benzene rings is 3. The number of nitrogens with one attached hydrogen (secondary N) is 1. The van der Waals surface area contributed by atoms with Crippen LogP contribution >= 0.6 is 0 Å². The largest absolute Gasteiger partial charge is 0.416 e. The first-order chi connectivity index (χ1) is 16.2. The second-order valence-electron chi connectivity index (χ2n) is 7.61. The smallest absolute Gasteiger partial charge is 0.366 e. The summed E-state index contributed by atoms with van der Waals surface area (Å²) in [4.78, 5) is 32.5. The van der Waals surface area contributed by atoms with Gasteiger partial charge in [-0.1, -0.05) is 30.3 Å². The van der Waals surface area contributed by atoms with Crippen molar-refractivity contribution >= 4 is 34.1 Å². The fraction of sp³-hybridized carbons (Fsp3) is 0.120. The van der Waals surface area contributed by atoms with Crippen molar-refractivity contribution in [2.75, 3.05) is 5.32 Å². The number of ketones is 1. The number of nitrogens with zero attached hydrogens (tertiary/aromatic N) is 2. The van der Waals surface area contributed by atoms with Crippen molar-refractivity contribution in [3.05, 3.63) is 95.3 Å². The second-order valence-corrected chi connectivity index (χ2v) is 7.61. The second kappa shape index (κ2) is 9.30. The van der Waals surface area contributed by atoms with E-state index in [-0.39, 0.29) is 17.8 Å². The van der Waals surface area contributed by atoms with E-state index in [1.807, 2.05) is 24.3 Å². The number of hydrogen-bond acceptors (Lipinski definition) is 5. The molecule has 0 aliphatic carbocycles. The molecule has 1 amide bonds. The van der Waals surface area contributed by atoms with Crippen LogP contribution in [-0.4, -0.2) is 21.7 Å². The average Bonchev–Trinajstić information content (AvgIpc) is 2.82. The van der Waals surface area contributed by atoms with Gasteiger partial charge in [0.05, 0.1) is 16.6 Å². The number of fused-ring (bicyclic) bond motifs is 1. The van der Waals surface area contributed by atoms with E-state index in [1.54, 1.807) is 18.2 Å². The lowest BCUT2D eigenvalue weighted by Gasteiger charge is -2.11. The monoisotopic (exact) mass is 464 g/mol. The summed E-state index contributed by atoms with van der Waals surface area (Å²) in [5.41, 5.74) is 7.18. The number of hydrogen-bond donors (Lipinski definition) is 2. The van der Waals surface area contributed by atoms with Crippen molar-refractivity contribution in [1.82, 2.24) is 9.97 Å². The lowest BCUT2D eigenvalue weighted by molar-refractivity contribution is -0.137. The molecule has 0 aliphatic rings. The first kappa shape index (κ1) is 22.9. The standard InChI is InChI=1S/C25H19F3N4O2/c26-25(27,28)17-10-8-16(9-11-17)21(33)12-7-15-3-1-4-18(13-15)32-24-20-6-2-5-19(23(29)34)22(20)30-14-31-24/h1-6,8-11,13-14H,7,12H2,(H2,29,34)(H,30,31,32). The minimum atomic E-state index is -4.44. The molecule has 172 valence electrons. The first-order valence-corrected chi connectivity index (χ1v) is 10.3. The molecule has 0 spiro atoms. The highest BCUT2D eigenvalue weighted by molar-refractivity contribution is 6.07. The van der Waals surface area contributed by atoms with E-state index in [9.17, 15) is 22.8 Å². The van der Waals surface area contributed by atoms with Gasteiger partial charge in [0.15, 0.2) is 5.78 Å².